The van der Waals surface area contributed by atoms with Gasteiger partial charge in [0.05, 0.1) is 5.56 Å². The van der Waals surface area contributed by atoms with Crippen molar-refractivity contribution in [2.45, 2.75) is 6.92 Å². The number of nitrogen functional groups attached to an aromatic ring is 1. The number of hydrogen-bond donors (Lipinski definition) is 1. The fourth-order valence-electron chi connectivity index (χ4n) is 2.96. The number of aryl methyl sites for hydroxylation is 1. The van der Waals surface area contributed by atoms with Crippen molar-refractivity contribution in [3.05, 3.63) is 58.6 Å². The maximum absolute atomic E-state index is 12.3. The van der Waals surface area contributed by atoms with Crippen molar-refractivity contribution in [1.82, 2.24) is 4.90 Å². The highest BCUT2D eigenvalue weighted by atomic mass is 35.5. The Morgan fingerprint density at radius 1 is 1.11 bits per heavy atom. The Labute approximate surface area is 163 Å². The quantitative estimate of drug-likeness (QED) is 0.644. The molecule has 27 heavy (non-hydrogen) atoms. The second-order valence-electron chi connectivity index (χ2n) is 6.50. The molecule has 142 valence electrons. The molecule has 1 heterocycles. The van der Waals surface area contributed by atoms with Crippen molar-refractivity contribution >= 4 is 34.9 Å². The average Bonchev–Trinajstić information content (AvgIpc) is 2.68. The van der Waals surface area contributed by atoms with Crippen LogP contribution in [-0.4, -0.2) is 49.6 Å². The molecule has 0 atom stereocenters. The molecule has 7 heteroatoms. The van der Waals surface area contributed by atoms with E-state index in [1.165, 1.54) is 0 Å². The molecule has 0 aliphatic carbocycles. The van der Waals surface area contributed by atoms with E-state index < -0.39 is 5.97 Å². The summed E-state index contributed by atoms with van der Waals surface area (Å²) in [6, 6.07) is 12.6. The van der Waals surface area contributed by atoms with Crippen molar-refractivity contribution in [3.8, 4) is 0 Å². The molecule has 0 unspecified atom stereocenters. The third-order valence-electron chi connectivity index (χ3n) is 4.65. The summed E-state index contributed by atoms with van der Waals surface area (Å²) in [7, 11) is 0. The average molecular weight is 388 g/mol. The first kappa shape index (κ1) is 19.0. The summed E-state index contributed by atoms with van der Waals surface area (Å²) in [6.45, 7) is 4.13. The summed E-state index contributed by atoms with van der Waals surface area (Å²) < 4.78 is 5.15. The lowest BCUT2D eigenvalue weighted by atomic mass is 10.1. The van der Waals surface area contributed by atoms with E-state index in [1.807, 2.05) is 31.2 Å². The Hall–Kier alpha value is -2.73. The van der Waals surface area contributed by atoms with Gasteiger partial charge in [-0.05, 0) is 42.8 Å². The zero-order valence-corrected chi connectivity index (χ0v) is 15.9. The Bertz CT molecular complexity index is 848. The largest absolute Gasteiger partial charge is 0.452 e. The van der Waals surface area contributed by atoms with E-state index in [1.54, 1.807) is 23.1 Å². The number of carbonyl (C=O) groups is 2. The van der Waals surface area contributed by atoms with Gasteiger partial charge in [0.1, 0.15) is 0 Å². The maximum Gasteiger partial charge on any atom is 0.338 e. The number of ether oxygens (including phenoxy) is 1. The second kappa shape index (κ2) is 8.31. The molecule has 0 saturated carbocycles. The predicted octanol–water partition coefficient (Wildman–Crippen LogP) is 2.74. The lowest BCUT2D eigenvalue weighted by Gasteiger charge is -2.36. The SMILES string of the molecule is Cc1ccc(C(=O)OCC(=O)N2CCN(c3cccc(Cl)c3)CC2)cc1N. The predicted molar refractivity (Wildman–Crippen MR) is 106 cm³/mol. The maximum atomic E-state index is 12.3. The zero-order valence-electron chi connectivity index (χ0n) is 15.2. The van der Waals surface area contributed by atoms with Crippen LogP contribution in [0.4, 0.5) is 11.4 Å². The number of amides is 1. The lowest BCUT2D eigenvalue weighted by molar-refractivity contribution is -0.134. The molecule has 0 aromatic heterocycles. The van der Waals surface area contributed by atoms with Crippen LogP contribution in [0.3, 0.4) is 0 Å². The van der Waals surface area contributed by atoms with Gasteiger partial charge >= 0.3 is 5.97 Å². The van der Waals surface area contributed by atoms with Crippen molar-refractivity contribution < 1.29 is 14.3 Å². The normalized spacial score (nSPS) is 14.1. The summed E-state index contributed by atoms with van der Waals surface area (Å²) in [5.74, 6) is -0.748. The smallest absolute Gasteiger partial charge is 0.338 e. The van der Waals surface area contributed by atoms with Gasteiger partial charge < -0.3 is 20.3 Å². The topological polar surface area (TPSA) is 75.9 Å². The van der Waals surface area contributed by atoms with Gasteiger partial charge in [0.25, 0.3) is 5.91 Å². The number of halogens is 1. The van der Waals surface area contributed by atoms with Gasteiger partial charge in [0, 0.05) is 42.6 Å². The van der Waals surface area contributed by atoms with Crippen LogP contribution >= 0.6 is 11.6 Å². The standard InChI is InChI=1S/C20H22ClN3O3/c1-14-5-6-15(11-18(14)22)20(26)27-13-19(25)24-9-7-23(8-10-24)17-4-2-3-16(21)12-17/h2-6,11-12H,7-10,13,22H2,1H3. The molecule has 1 fully saturated rings. The molecule has 1 aliphatic rings. The van der Waals surface area contributed by atoms with Crippen LogP contribution in [0.2, 0.25) is 5.02 Å². The fourth-order valence-corrected chi connectivity index (χ4v) is 3.14. The fraction of sp³-hybridized carbons (Fsp3) is 0.300. The molecule has 1 saturated heterocycles. The van der Waals surface area contributed by atoms with Gasteiger partial charge in [0.2, 0.25) is 0 Å². The number of benzene rings is 2. The van der Waals surface area contributed by atoms with Crippen molar-refractivity contribution in [1.29, 1.82) is 0 Å². The molecule has 2 aromatic carbocycles. The van der Waals surface area contributed by atoms with Crippen LogP contribution in [0.15, 0.2) is 42.5 Å². The molecule has 1 aliphatic heterocycles. The van der Waals surface area contributed by atoms with Crippen molar-refractivity contribution in [2.24, 2.45) is 0 Å². The van der Waals surface area contributed by atoms with Crippen LogP contribution in [-0.2, 0) is 9.53 Å². The van der Waals surface area contributed by atoms with Crippen LogP contribution in [0.1, 0.15) is 15.9 Å². The van der Waals surface area contributed by atoms with Crippen LogP contribution in [0, 0.1) is 6.92 Å². The molecule has 0 bridgehead atoms. The summed E-state index contributed by atoms with van der Waals surface area (Å²) in [5.41, 5.74) is 8.60. The van der Waals surface area contributed by atoms with E-state index in [4.69, 9.17) is 22.1 Å². The molecule has 0 spiro atoms. The van der Waals surface area contributed by atoms with E-state index in [2.05, 4.69) is 4.90 Å². The first-order valence-electron chi connectivity index (χ1n) is 8.75. The molecule has 2 aromatic rings. The van der Waals surface area contributed by atoms with Gasteiger partial charge in [-0.2, -0.15) is 0 Å². The summed E-state index contributed by atoms with van der Waals surface area (Å²) in [6.07, 6.45) is 0. The van der Waals surface area contributed by atoms with Gasteiger partial charge in [-0.15, -0.1) is 0 Å². The van der Waals surface area contributed by atoms with Crippen LogP contribution < -0.4 is 10.6 Å². The highest BCUT2D eigenvalue weighted by Gasteiger charge is 2.22. The number of nitrogens with two attached hydrogens (primary N) is 1. The Balaban J connectivity index is 1.49. The number of carbonyl (C=O) groups excluding carboxylic acids is 2. The van der Waals surface area contributed by atoms with E-state index >= 15 is 0 Å². The van der Waals surface area contributed by atoms with Crippen molar-refractivity contribution in [2.75, 3.05) is 43.4 Å². The van der Waals surface area contributed by atoms with E-state index in [9.17, 15) is 9.59 Å². The summed E-state index contributed by atoms with van der Waals surface area (Å²) in [5, 5.41) is 0.690. The Morgan fingerprint density at radius 3 is 2.52 bits per heavy atom. The highest BCUT2D eigenvalue weighted by molar-refractivity contribution is 6.30. The van der Waals surface area contributed by atoms with Gasteiger partial charge in [-0.25, -0.2) is 4.79 Å². The number of anilines is 2. The Kier molecular flexibility index (Phi) is 5.86. The molecule has 2 N–H and O–H groups in total. The van der Waals surface area contributed by atoms with E-state index in [0.717, 1.165) is 11.3 Å². The second-order valence-corrected chi connectivity index (χ2v) is 6.93. The number of esters is 1. The van der Waals surface area contributed by atoms with Crippen LogP contribution in [0.5, 0.6) is 0 Å². The molecular formula is C20H22ClN3O3. The molecule has 6 nitrogen and oxygen atoms in total. The molecule has 1 amide bonds. The third kappa shape index (κ3) is 4.71. The monoisotopic (exact) mass is 387 g/mol. The highest BCUT2D eigenvalue weighted by Crippen LogP contribution is 2.21. The first-order valence-corrected chi connectivity index (χ1v) is 9.13. The third-order valence-corrected chi connectivity index (χ3v) is 4.88. The summed E-state index contributed by atoms with van der Waals surface area (Å²) >= 11 is 6.04. The minimum absolute atomic E-state index is 0.200. The minimum Gasteiger partial charge on any atom is -0.452 e. The van der Waals surface area contributed by atoms with Crippen molar-refractivity contribution in [3.63, 3.8) is 0 Å². The summed E-state index contributed by atoms with van der Waals surface area (Å²) in [4.78, 5) is 28.3. The molecular weight excluding hydrogens is 366 g/mol. The molecule has 0 radical (unpaired) electrons. The molecule has 3 rings (SSSR count). The zero-order chi connectivity index (χ0) is 19.4. The van der Waals surface area contributed by atoms with E-state index in [0.29, 0.717) is 42.5 Å². The van der Waals surface area contributed by atoms with Gasteiger partial charge in [-0.1, -0.05) is 23.7 Å². The van der Waals surface area contributed by atoms with E-state index in [-0.39, 0.29) is 12.5 Å². The number of piperazine rings is 1. The first-order chi connectivity index (χ1) is 12.9. The number of nitrogens with zero attached hydrogens (tertiary/aromatic N) is 2. The Morgan fingerprint density at radius 2 is 1.85 bits per heavy atom. The van der Waals surface area contributed by atoms with Gasteiger partial charge in [-0.3, -0.25) is 4.79 Å². The number of rotatable bonds is 4. The lowest BCUT2D eigenvalue weighted by Crippen LogP contribution is -2.49. The van der Waals surface area contributed by atoms with Gasteiger partial charge in [0.15, 0.2) is 6.61 Å². The minimum atomic E-state index is -0.549. The van der Waals surface area contributed by atoms with Crippen LogP contribution in [0.25, 0.3) is 0 Å². The number of hydrogen-bond acceptors (Lipinski definition) is 5.